The molecule has 6 heteroatoms. The van der Waals surface area contributed by atoms with Gasteiger partial charge in [-0.2, -0.15) is 0 Å². The Kier molecular flexibility index (Phi) is 3.38. The number of aryl methyl sites for hydroxylation is 1. The number of halogens is 1. The van der Waals surface area contributed by atoms with Crippen molar-refractivity contribution in [1.29, 1.82) is 0 Å². The molecule has 0 fully saturated rings. The van der Waals surface area contributed by atoms with Crippen molar-refractivity contribution in [3.05, 3.63) is 37.4 Å². The van der Waals surface area contributed by atoms with Gasteiger partial charge in [-0.3, -0.25) is 5.84 Å². The van der Waals surface area contributed by atoms with Gasteiger partial charge in [-0.15, -0.1) is 22.7 Å². The van der Waals surface area contributed by atoms with Gasteiger partial charge >= 0.3 is 0 Å². The number of hydrazine groups is 1. The quantitative estimate of drug-likeness (QED) is 0.658. The molecule has 0 bridgehead atoms. The minimum atomic E-state index is -0.0509. The molecule has 0 saturated carbocycles. The third-order valence-corrected chi connectivity index (χ3v) is 4.54. The van der Waals surface area contributed by atoms with E-state index in [4.69, 9.17) is 17.4 Å². The first-order chi connectivity index (χ1) is 7.24. The number of thiophene rings is 1. The Hall–Kier alpha value is -0.460. The van der Waals surface area contributed by atoms with E-state index < -0.39 is 0 Å². The minimum Gasteiger partial charge on any atom is -0.271 e. The molecule has 0 saturated heterocycles. The topological polar surface area (TPSA) is 50.9 Å². The Morgan fingerprint density at radius 1 is 1.47 bits per heavy atom. The summed E-state index contributed by atoms with van der Waals surface area (Å²) in [6.45, 7) is 1.97. The van der Waals surface area contributed by atoms with Crippen molar-refractivity contribution < 1.29 is 0 Å². The van der Waals surface area contributed by atoms with E-state index in [0.717, 1.165) is 20.5 Å². The van der Waals surface area contributed by atoms with Crippen LogP contribution in [0.2, 0.25) is 5.02 Å². The molecule has 80 valence electrons. The molecular weight excluding hydrogens is 250 g/mol. The SMILES string of the molecule is Cc1ncsc1C(NN)c1sccc1Cl. The number of hydrogen-bond acceptors (Lipinski definition) is 5. The van der Waals surface area contributed by atoms with Gasteiger partial charge in [0.25, 0.3) is 0 Å². The van der Waals surface area contributed by atoms with Gasteiger partial charge in [0.2, 0.25) is 0 Å². The zero-order chi connectivity index (χ0) is 10.8. The molecule has 15 heavy (non-hydrogen) atoms. The molecule has 0 aliphatic heterocycles. The second-order valence-electron chi connectivity index (χ2n) is 3.03. The molecule has 3 N–H and O–H groups in total. The lowest BCUT2D eigenvalue weighted by atomic mass is 10.2. The maximum Gasteiger partial charge on any atom is 0.0928 e. The summed E-state index contributed by atoms with van der Waals surface area (Å²) in [4.78, 5) is 6.36. The van der Waals surface area contributed by atoms with Gasteiger partial charge in [-0.05, 0) is 18.4 Å². The van der Waals surface area contributed by atoms with Gasteiger partial charge in [-0.25, -0.2) is 10.4 Å². The van der Waals surface area contributed by atoms with Crippen molar-refractivity contribution in [3.8, 4) is 0 Å². The molecule has 0 aliphatic rings. The lowest BCUT2D eigenvalue weighted by Crippen LogP contribution is -2.28. The Morgan fingerprint density at radius 3 is 2.73 bits per heavy atom. The highest BCUT2D eigenvalue weighted by Crippen LogP contribution is 2.35. The molecule has 2 rings (SSSR count). The zero-order valence-electron chi connectivity index (χ0n) is 8.03. The monoisotopic (exact) mass is 259 g/mol. The van der Waals surface area contributed by atoms with Crippen molar-refractivity contribution in [2.45, 2.75) is 13.0 Å². The number of thiazole rings is 1. The Balaban J connectivity index is 2.41. The maximum absolute atomic E-state index is 6.08. The van der Waals surface area contributed by atoms with Gasteiger partial charge in [0.15, 0.2) is 0 Å². The summed E-state index contributed by atoms with van der Waals surface area (Å²) in [5.41, 5.74) is 5.59. The molecule has 0 radical (unpaired) electrons. The third-order valence-electron chi connectivity index (χ3n) is 2.12. The van der Waals surface area contributed by atoms with E-state index in [9.17, 15) is 0 Å². The molecule has 1 atom stereocenters. The highest BCUT2D eigenvalue weighted by atomic mass is 35.5. The van der Waals surface area contributed by atoms with Crippen LogP contribution in [0.1, 0.15) is 21.5 Å². The Morgan fingerprint density at radius 2 is 2.27 bits per heavy atom. The Bertz CT molecular complexity index is 411. The maximum atomic E-state index is 6.08. The summed E-state index contributed by atoms with van der Waals surface area (Å²) < 4.78 is 0. The first-order valence-electron chi connectivity index (χ1n) is 4.33. The lowest BCUT2D eigenvalue weighted by molar-refractivity contribution is 0.652. The average molecular weight is 260 g/mol. The van der Waals surface area contributed by atoms with Crippen LogP contribution >= 0.6 is 34.3 Å². The van der Waals surface area contributed by atoms with E-state index >= 15 is 0 Å². The fourth-order valence-corrected chi connectivity index (χ4v) is 3.55. The van der Waals surface area contributed by atoms with Crippen LogP contribution in [0.4, 0.5) is 0 Å². The van der Waals surface area contributed by atoms with Crippen LogP contribution in [0.5, 0.6) is 0 Å². The van der Waals surface area contributed by atoms with Crippen molar-refractivity contribution in [1.82, 2.24) is 10.4 Å². The molecule has 3 nitrogen and oxygen atoms in total. The lowest BCUT2D eigenvalue weighted by Gasteiger charge is -2.13. The molecule has 0 amide bonds. The van der Waals surface area contributed by atoms with Gasteiger partial charge < -0.3 is 0 Å². The summed E-state index contributed by atoms with van der Waals surface area (Å²) in [5.74, 6) is 5.57. The van der Waals surface area contributed by atoms with Crippen LogP contribution in [0.25, 0.3) is 0 Å². The van der Waals surface area contributed by atoms with Crippen LogP contribution < -0.4 is 11.3 Å². The van der Waals surface area contributed by atoms with E-state index in [1.807, 2.05) is 23.9 Å². The van der Waals surface area contributed by atoms with Crippen molar-refractivity contribution in [3.63, 3.8) is 0 Å². The van der Waals surface area contributed by atoms with E-state index in [2.05, 4.69) is 10.4 Å². The van der Waals surface area contributed by atoms with Crippen LogP contribution in [0.15, 0.2) is 17.0 Å². The smallest absolute Gasteiger partial charge is 0.0928 e. The van der Waals surface area contributed by atoms with Crippen molar-refractivity contribution in [2.24, 2.45) is 5.84 Å². The second kappa shape index (κ2) is 4.59. The molecular formula is C9H10ClN3S2. The van der Waals surface area contributed by atoms with Gasteiger partial charge in [0.05, 0.1) is 27.1 Å². The minimum absolute atomic E-state index is 0.0509. The van der Waals surface area contributed by atoms with E-state index in [1.54, 1.807) is 22.7 Å². The Labute approximate surface area is 101 Å². The van der Waals surface area contributed by atoms with Crippen molar-refractivity contribution >= 4 is 34.3 Å². The predicted octanol–water partition coefficient (Wildman–Crippen LogP) is 2.72. The highest BCUT2D eigenvalue weighted by Gasteiger charge is 2.20. The summed E-state index contributed by atoms with van der Waals surface area (Å²) in [5, 5.41) is 2.70. The average Bonchev–Trinajstić information content (AvgIpc) is 2.80. The van der Waals surface area contributed by atoms with Crippen molar-refractivity contribution in [2.75, 3.05) is 0 Å². The van der Waals surface area contributed by atoms with Gasteiger partial charge in [-0.1, -0.05) is 11.6 Å². The highest BCUT2D eigenvalue weighted by molar-refractivity contribution is 7.12. The standard InChI is InChI=1S/C9H10ClN3S2/c1-5-8(15-4-12-5)7(13-11)9-6(10)2-3-14-9/h2-4,7,13H,11H2,1H3. The molecule has 2 aromatic heterocycles. The van der Waals surface area contributed by atoms with Crippen LogP contribution in [-0.4, -0.2) is 4.98 Å². The summed E-state index contributed by atoms with van der Waals surface area (Å²) >= 11 is 9.26. The number of nitrogens with one attached hydrogen (secondary N) is 1. The van der Waals surface area contributed by atoms with E-state index in [0.29, 0.717) is 0 Å². The predicted molar refractivity (Wildman–Crippen MR) is 65.3 cm³/mol. The van der Waals surface area contributed by atoms with Crippen LogP contribution in [-0.2, 0) is 0 Å². The first-order valence-corrected chi connectivity index (χ1v) is 6.46. The number of hydrogen-bond donors (Lipinski definition) is 2. The van der Waals surface area contributed by atoms with Gasteiger partial charge in [0, 0.05) is 4.88 Å². The molecule has 1 unspecified atom stereocenters. The normalized spacial score (nSPS) is 13.0. The summed E-state index contributed by atoms with van der Waals surface area (Å²) in [6, 6.07) is 1.83. The largest absolute Gasteiger partial charge is 0.271 e. The van der Waals surface area contributed by atoms with Gasteiger partial charge in [0.1, 0.15) is 0 Å². The van der Waals surface area contributed by atoms with E-state index in [1.165, 1.54) is 0 Å². The number of rotatable bonds is 3. The van der Waals surface area contributed by atoms with Crippen LogP contribution in [0, 0.1) is 6.92 Å². The zero-order valence-corrected chi connectivity index (χ0v) is 10.4. The summed E-state index contributed by atoms with van der Waals surface area (Å²) in [7, 11) is 0. The number of nitrogens with zero attached hydrogens (tertiary/aromatic N) is 1. The summed E-state index contributed by atoms with van der Waals surface area (Å²) in [6.07, 6.45) is 0. The molecule has 0 aliphatic carbocycles. The molecule has 0 aromatic carbocycles. The number of aromatic nitrogens is 1. The van der Waals surface area contributed by atoms with Crippen LogP contribution in [0.3, 0.4) is 0 Å². The fourth-order valence-electron chi connectivity index (χ4n) is 1.37. The fraction of sp³-hybridized carbons (Fsp3) is 0.222. The molecule has 0 spiro atoms. The second-order valence-corrected chi connectivity index (χ2v) is 5.28. The number of nitrogens with two attached hydrogens (primary N) is 1. The third kappa shape index (κ3) is 2.07. The molecule has 2 aromatic rings. The van der Waals surface area contributed by atoms with E-state index in [-0.39, 0.29) is 6.04 Å². The first kappa shape index (κ1) is 11.0. The molecule has 2 heterocycles.